The van der Waals surface area contributed by atoms with Crippen LogP contribution in [-0.2, 0) is 0 Å². The van der Waals surface area contributed by atoms with E-state index in [1.54, 1.807) is 0 Å². The molecule has 0 aromatic carbocycles. The van der Waals surface area contributed by atoms with Gasteiger partial charge in [-0.2, -0.15) is 0 Å². The van der Waals surface area contributed by atoms with E-state index < -0.39 is 0 Å². The van der Waals surface area contributed by atoms with Crippen LogP contribution in [0.2, 0.25) is 0 Å². The van der Waals surface area contributed by atoms with Crippen molar-refractivity contribution in [2.24, 2.45) is 5.73 Å². The van der Waals surface area contributed by atoms with Crippen molar-refractivity contribution in [2.75, 3.05) is 26.2 Å². The Morgan fingerprint density at radius 2 is 2.00 bits per heavy atom. The lowest BCUT2D eigenvalue weighted by molar-refractivity contribution is 0.159. The molecule has 1 saturated heterocycles. The van der Waals surface area contributed by atoms with Crippen molar-refractivity contribution in [3.8, 4) is 0 Å². The first-order chi connectivity index (χ1) is 7.33. The standard InChI is InChI=1S/C11H21N3O/c12-6-3-9-14(10-4-5-10)11(15)13-7-1-2-8-13/h10H,1-9,12H2. The molecule has 2 fully saturated rings. The lowest BCUT2D eigenvalue weighted by atomic mass is 10.3. The molecular weight excluding hydrogens is 190 g/mol. The van der Waals surface area contributed by atoms with E-state index >= 15 is 0 Å². The van der Waals surface area contributed by atoms with Gasteiger partial charge in [-0.25, -0.2) is 4.79 Å². The van der Waals surface area contributed by atoms with Crippen molar-refractivity contribution >= 4 is 6.03 Å². The minimum atomic E-state index is 0.253. The zero-order valence-corrected chi connectivity index (χ0v) is 9.32. The SMILES string of the molecule is NCCCN(C(=O)N1CCCC1)C1CC1. The largest absolute Gasteiger partial charge is 0.330 e. The van der Waals surface area contributed by atoms with Crippen LogP contribution < -0.4 is 5.73 Å². The van der Waals surface area contributed by atoms with Gasteiger partial charge >= 0.3 is 6.03 Å². The molecular formula is C11H21N3O. The van der Waals surface area contributed by atoms with E-state index in [2.05, 4.69) is 0 Å². The summed E-state index contributed by atoms with van der Waals surface area (Å²) < 4.78 is 0. The Bertz CT molecular complexity index is 222. The first kappa shape index (κ1) is 10.7. The van der Waals surface area contributed by atoms with Crippen molar-refractivity contribution in [3.05, 3.63) is 0 Å². The molecule has 0 atom stereocenters. The monoisotopic (exact) mass is 211 g/mol. The maximum Gasteiger partial charge on any atom is 0.320 e. The summed E-state index contributed by atoms with van der Waals surface area (Å²) in [4.78, 5) is 16.2. The molecule has 15 heavy (non-hydrogen) atoms. The van der Waals surface area contributed by atoms with Gasteiger partial charge in [-0.3, -0.25) is 0 Å². The number of hydrogen-bond acceptors (Lipinski definition) is 2. The van der Waals surface area contributed by atoms with Crippen LogP contribution in [0.4, 0.5) is 4.79 Å². The van der Waals surface area contributed by atoms with Crippen molar-refractivity contribution in [1.29, 1.82) is 0 Å². The van der Waals surface area contributed by atoms with E-state index in [-0.39, 0.29) is 6.03 Å². The Hall–Kier alpha value is -0.770. The number of carbonyl (C=O) groups excluding carboxylic acids is 1. The molecule has 2 rings (SSSR count). The van der Waals surface area contributed by atoms with Gasteiger partial charge in [0.1, 0.15) is 0 Å². The predicted molar refractivity (Wildman–Crippen MR) is 59.6 cm³/mol. The van der Waals surface area contributed by atoms with E-state index in [1.807, 2.05) is 9.80 Å². The van der Waals surface area contributed by atoms with Crippen LogP contribution in [-0.4, -0.2) is 48.1 Å². The summed E-state index contributed by atoms with van der Waals surface area (Å²) in [7, 11) is 0. The summed E-state index contributed by atoms with van der Waals surface area (Å²) in [5.41, 5.74) is 5.50. The van der Waals surface area contributed by atoms with E-state index in [4.69, 9.17) is 5.73 Å². The number of rotatable bonds is 4. The molecule has 0 aromatic heterocycles. The van der Waals surface area contributed by atoms with E-state index in [1.165, 1.54) is 25.7 Å². The third kappa shape index (κ3) is 2.62. The number of amides is 2. The van der Waals surface area contributed by atoms with Gasteiger partial charge in [0.25, 0.3) is 0 Å². The lowest BCUT2D eigenvalue weighted by Gasteiger charge is -2.27. The van der Waals surface area contributed by atoms with Crippen molar-refractivity contribution in [2.45, 2.75) is 38.1 Å². The maximum absolute atomic E-state index is 12.1. The zero-order valence-electron chi connectivity index (χ0n) is 9.32. The molecule has 4 heteroatoms. The number of urea groups is 1. The van der Waals surface area contributed by atoms with Crippen LogP contribution in [0.3, 0.4) is 0 Å². The predicted octanol–water partition coefficient (Wildman–Crippen LogP) is 1.02. The Labute approximate surface area is 91.4 Å². The minimum Gasteiger partial charge on any atom is -0.330 e. The molecule has 1 saturated carbocycles. The molecule has 86 valence electrons. The Kier molecular flexibility index (Phi) is 3.46. The second kappa shape index (κ2) is 4.84. The van der Waals surface area contributed by atoms with E-state index in [9.17, 15) is 4.79 Å². The fourth-order valence-corrected chi connectivity index (χ4v) is 2.17. The average molecular weight is 211 g/mol. The number of carbonyl (C=O) groups is 1. The quantitative estimate of drug-likeness (QED) is 0.754. The first-order valence-corrected chi connectivity index (χ1v) is 6.08. The van der Waals surface area contributed by atoms with Crippen LogP contribution in [0.15, 0.2) is 0 Å². The molecule has 0 aromatic rings. The summed E-state index contributed by atoms with van der Waals surface area (Å²) in [5.74, 6) is 0. The average Bonchev–Trinajstić information content (AvgIpc) is 2.94. The Balaban J connectivity index is 1.87. The highest BCUT2D eigenvalue weighted by Gasteiger charge is 2.34. The second-order valence-corrected chi connectivity index (χ2v) is 4.54. The summed E-state index contributed by atoms with van der Waals surface area (Å²) >= 11 is 0. The second-order valence-electron chi connectivity index (χ2n) is 4.54. The van der Waals surface area contributed by atoms with Crippen molar-refractivity contribution < 1.29 is 4.79 Å². The third-order valence-corrected chi connectivity index (χ3v) is 3.21. The minimum absolute atomic E-state index is 0.253. The summed E-state index contributed by atoms with van der Waals surface area (Å²) in [5, 5.41) is 0. The molecule has 0 spiro atoms. The summed E-state index contributed by atoms with van der Waals surface area (Å²) in [6.07, 6.45) is 5.63. The van der Waals surface area contributed by atoms with Crippen LogP contribution in [0.5, 0.6) is 0 Å². The van der Waals surface area contributed by atoms with Crippen LogP contribution >= 0.6 is 0 Å². The van der Waals surface area contributed by atoms with E-state index in [0.29, 0.717) is 12.6 Å². The van der Waals surface area contributed by atoms with Gasteiger partial charge in [0.05, 0.1) is 0 Å². The number of hydrogen-bond donors (Lipinski definition) is 1. The molecule has 2 amide bonds. The van der Waals surface area contributed by atoms with E-state index in [0.717, 1.165) is 26.1 Å². The zero-order chi connectivity index (χ0) is 10.7. The molecule has 2 N–H and O–H groups in total. The highest BCUT2D eigenvalue weighted by atomic mass is 16.2. The first-order valence-electron chi connectivity index (χ1n) is 6.08. The highest BCUT2D eigenvalue weighted by molar-refractivity contribution is 5.75. The van der Waals surface area contributed by atoms with Gasteiger partial charge in [0, 0.05) is 25.7 Å². The van der Waals surface area contributed by atoms with Gasteiger partial charge < -0.3 is 15.5 Å². The highest BCUT2D eigenvalue weighted by Crippen LogP contribution is 2.28. The molecule has 4 nitrogen and oxygen atoms in total. The van der Waals surface area contributed by atoms with Gasteiger partial charge in [-0.15, -0.1) is 0 Å². The number of nitrogens with zero attached hydrogens (tertiary/aromatic N) is 2. The Morgan fingerprint density at radius 3 is 2.53 bits per heavy atom. The van der Waals surface area contributed by atoms with Gasteiger partial charge in [-0.05, 0) is 38.6 Å². The number of likely N-dealkylation sites (tertiary alicyclic amines) is 1. The molecule has 0 radical (unpaired) electrons. The summed E-state index contributed by atoms with van der Waals surface area (Å²) in [6.45, 7) is 3.42. The van der Waals surface area contributed by atoms with Crippen LogP contribution in [0, 0.1) is 0 Å². The smallest absolute Gasteiger partial charge is 0.320 e. The van der Waals surface area contributed by atoms with Gasteiger partial charge in [-0.1, -0.05) is 0 Å². The summed E-state index contributed by atoms with van der Waals surface area (Å²) in [6, 6.07) is 0.771. The van der Waals surface area contributed by atoms with Crippen molar-refractivity contribution in [1.82, 2.24) is 9.80 Å². The van der Waals surface area contributed by atoms with Gasteiger partial charge in [0.15, 0.2) is 0 Å². The number of nitrogens with two attached hydrogens (primary N) is 1. The van der Waals surface area contributed by atoms with Crippen LogP contribution in [0.1, 0.15) is 32.1 Å². The third-order valence-electron chi connectivity index (χ3n) is 3.21. The van der Waals surface area contributed by atoms with Gasteiger partial charge in [0.2, 0.25) is 0 Å². The normalized spacial score (nSPS) is 20.7. The van der Waals surface area contributed by atoms with Crippen LogP contribution in [0.25, 0.3) is 0 Å². The fraction of sp³-hybridized carbons (Fsp3) is 0.909. The lowest BCUT2D eigenvalue weighted by Crippen LogP contribution is -2.43. The Morgan fingerprint density at radius 1 is 1.33 bits per heavy atom. The topological polar surface area (TPSA) is 49.6 Å². The molecule has 0 bridgehead atoms. The fourth-order valence-electron chi connectivity index (χ4n) is 2.17. The maximum atomic E-state index is 12.1. The van der Waals surface area contributed by atoms with Crippen molar-refractivity contribution in [3.63, 3.8) is 0 Å². The molecule has 0 unspecified atom stereocenters. The molecule has 1 aliphatic carbocycles. The molecule has 1 heterocycles. The molecule has 1 aliphatic heterocycles. The molecule has 2 aliphatic rings.